The second-order valence-electron chi connectivity index (χ2n) is 4.50. The fourth-order valence-corrected chi connectivity index (χ4v) is 1.79. The average molecular weight is 232 g/mol. The molecule has 0 aliphatic carbocycles. The Morgan fingerprint density at radius 2 is 2.24 bits per heavy atom. The Kier molecular flexibility index (Phi) is 3.13. The molecule has 2 rings (SSSR count). The van der Waals surface area contributed by atoms with Crippen molar-refractivity contribution >= 4 is 17.0 Å². The smallest absolute Gasteiger partial charge is 0.337 e. The molecule has 1 aromatic heterocycles. The molecule has 2 aromatic rings. The third-order valence-corrected chi connectivity index (χ3v) is 2.55. The van der Waals surface area contributed by atoms with E-state index in [0.29, 0.717) is 11.5 Å². The maximum atomic E-state index is 11.4. The van der Waals surface area contributed by atoms with Crippen LogP contribution in [0.5, 0.6) is 0 Å². The minimum absolute atomic E-state index is 0.333. The Balaban J connectivity index is 2.37. The number of nitrogens with one attached hydrogen (secondary N) is 1. The number of carbonyl (C=O) groups excluding carboxylic acids is 1. The monoisotopic (exact) mass is 232 g/mol. The topological polar surface area (TPSA) is 55.0 Å². The van der Waals surface area contributed by atoms with E-state index in [4.69, 9.17) is 0 Å². The molecule has 0 bridgehead atoms. The van der Waals surface area contributed by atoms with Gasteiger partial charge in [0.25, 0.3) is 0 Å². The van der Waals surface area contributed by atoms with Crippen LogP contribution in [-0.2, 0) is 11.2 Å². The molecule has 1 aromatic carbocycles. The van der Waals surface area contributed by atoms with Crippen LogP contribution >= 0.6 is 0 Å². The third kappa shape index (κ3) is 2.46. The quantitative estimate of drug-likeness (QED) is 0.827. The largest absolute Gasteiger partial charge is 0.465 e. The predicted molar refractivity (Wildman–Crippen MR) is 66.0 cm³/mol. The molecule has 1 N–H and O–H groups in total. The summed E-state index contributed by atoms with van der Waals surface area (Å²) in [4.78, 5) is 19.1. The molecule has 90 valence electrons. The molecule has 1 heterocycles. The fraction of sp³-hybridized carbons (Fsp3) is 0.385. The number of imidazole rings is 1. The van der Waals surface area contributed by atoms with Crippen molar-refractivity contribution in [3.63, 3.8) is 0 Å². The minimum Gasteiger partial charge on any atom is -0.465 e. The zero-order chi connectivity index (χ0) is 12.4. The van der Waals surface area contributed by atoms with Crippen LogP contribution in [0.15, 0.2) is 18.2 Å². The Bertz CT molecular complexity index is 543. The molecule has 4 nitrogen and oxygen atoms in total. The molecule has 17 heavy (non-hydrogen) atoms. The van der Waals surface area contributed by atoms with Gasteiger partial charge in [-0.15, -0.1) is 0 Å². The van der Waals surface area contributed by atoms with Crippen LogP contribution in [-0.4, -0.2) is 23.0 Å². The first-order valence-corrected chi connectivity index (χ1v) is 5.67. The summed E-state index contributed by atoms with van der Waals surface area (Å²) in [5.41, 5.74) is 2.29. The lowest BCUT2D eigenvalue weighted by atomic mass is 10.1. The summed E-state index contributed by atoms with van der Waals surface area (Å²) in [6.45, 7) is 4.29. The Labute approximate surface area is 100 Å². The van der Waals surface area contributed by atoms with E-state index < -0.39 is 0 Å². The van der Waals surface area contributed by atoms with Crippen LogP contribution in [0, 0.1) is 5.92 Å². The van der Waals surface area contributed by atoms with Crippen LogP contribution in [0.1, 0.15) is 30.0 Å². The molecule has 0 saturated carbocycles. The Morgan fingerprint density at radius 3 is 2.88 bits per heavy atom. The van der Waals surface area contributed by atoms with E-state index in [-0.39, 0.29) is 5.97 Å². The van der Waals surface area contributed by atoms with Crippen molar-refractivity contribution < 1.29 is 9.53 Å². The lowest BCUT2D eigenvalue weighted by Gasteiger charge is -1.98. The molecular weight excluding hydrogens is 216 g/mol. The summed E-state index contributed by atoms with van der Waals surface area (Å²) < 4.78 is 4.68. The number of hydrogen-bond acceptors (Lipinski definition) is 3. The first-order chi connectivity index (χ1) is 8.10. The van der Waals surface area contributed by atoms with E-state index in [2.05, 4.69) is 28.6 Å². The van der Waals surface area contributed by atoms with Crippen molar-refractivity contribution in [1.29, 1.82) is 0 Å². The highest BCUT2D eigenvalue weighted by molar-refractivity contribution is 5.93. The summed E-state index contributed by atoms with van der Waals surface area (Å²) in [7, 11) is 1.38. The first-order valence-electron chi connectivity index (χ1n) is 5.67. The SMILES string of the molecule is COC(=O)c1ccc2[nH]c(CC(C)C)nc2c1. The number of aromatic nitrogens is 2. The third-order valence-electron chi connectivity index (χ3n) is 2.55. The summed E-state index contributed by atoms with van der Waals surface area (Å²) in [5.74, 6) is 1.17. The molecule has 0 atom stereocenters. The summed E-state index contributed by atoms with van der Waals surface area (Å²) in [6.07, 6.45) is 0.905. The van der Waals surface area contributed by atoms with Gasteiger partial charge in [0.2, 0.25) is 0 Å². The predicted octanol–water partition coefficient (Wildman–Crippen LogP) is 2.55. The van der Waals surface area contributed by atoms with Gasteiger partial charge in [-0.1, -0.05) is 13.8 Å². The van der Waals surface area contributed by atoms with Gasteiger partial charge in [0.1, 0.15) is 5.82 Å². The van der Waals surface area contributed by atoms with Gasteiger partial charge in [-0.05, 0) is 24.1 Å². The zero-order valence-electron chi connectivity index (χ0n) is 10.3. The normalized spacial score (nSPS) is 11.1. The standard InChI is InChI=1S/C13H16N2O2/c1-8(2)6-12-14-10-5-4-9(13(16)17-3)7-11(10)15-12/h4-5,7-8H,6H2,1-3H3,(H,14,15). The highest BCUT2D eigenvalue weighted by Crippen LogP contribution is 2.16. The van der Waals surface area contributed by atoms with E-state index in [1.807, 2.05) is 6.07 Å². The molecule has 0 saturated heterocycles. The van der Waals surface area contributed by atoms with Gasteiger partial charge in [0.05, 0.1) is 23.7 Å². The van der Waals surface area contributed by atoms with Crippen LogP contribution < -0.4 is 0 Å². The average Bonchev–Trinajstić information content (AvgIpc) is 2.67. The maximum Gasteiger partial charge on any atom is 0.337 e. The molecule has 0 radical (unpaired) electrons. The number of methoxy groups -OCH3 is 1. The molecular formula is C13H16N2O2. The van der Waals surface area contributed by atoms with Crippen molar-refractivity contribution in [2.45, 2.75) is 20.3 Å². The Morgan fingerprint density at radius 1 is 1.47 bits per heavy atom. The minimum atomic E-state index is -0.333. The number of esters is 1. The van der Waals surface area contributed by atoms with E-state index in [1.54, 1.807) is 12.1 Å². The van der Waals surface area contributed by atoms with Gasteiger partial charge >= 0.3 is 5.97 Å². The van der Waals surface area contributed by atoms with Crippen molar-refractivity contribution in [3.05, 3.63) is 29.6 Å². The Hall–Kier alpha value is -1.84. The van der Waals surface area contributed by atoms with E-state index in [0.717, 1.165) is 23.3 Å². The molecule has 0 aliphatic heterocycles. The van der Waals surface area contributed by atoms with E-state index >= 15 is 0 Å². The summed E-state index contributed by atoms with van der Waals surface area (Å²) in [5, 5.41) is 0. The van der Waals surface area contributed by atoms with Crippen molar-refractivity contribution in [3.8, 4) is 0 Å². The van der Waals surface area contributed by atoms with E-state index in [1.165, 1.54) is 7.11 Å². The van der Waals surface area contributed by atoms with Gasteiger partial charge in [-0.2, -0.15) is 0 Å². The fourth-order valence-electron chi connectivity index (χ4n) is 1.79. The molecule has 0 spiro atoms. The van der Waals surface area contributed by atoms with Crippen LogP contribution in [0.4, 0.5) is 0 Å². The number of nitrogens with zero attached hydrogens (tertiary/aromatic N) is 1. The highest BCUT2D eigenvalue weighted by Gasteiger charge is 2.09. The van der Waals surface area contributed by atoms with Crippen LogP contribution in [0.25, 0.3) is 11.0 Å². The van der Waals surface area contributed by atoms with Crippen LogP contribution in [0.3, 0.4) is 0 Å². The van der Waals surface area contributed by atoms with Gasteiger partial charge in [0.15, 0.2) is 0 Å². The molecule has 4 heteroatoms. The molecule has 0 fully saturated rings. The lowest BCUT2D eigenvalue weighted by Crippen LogP contribution is -2.00. The molecule has 0 unspecified atom stereocenters. The highest BCUT2D eigenvalue weighted by atomic mass is 16.5. The second kappa shape index (κ2) is 4.57. The number of hydrogen-bond donors (Lipinski definition) is 1. The number of benzene rings is 1. The number of H-pyrrole nitrogens is 1. The first kappa shape index (κ1) is 11.6. The van der Waals surface area contributed by atoms with Gasteiger partial charge in [-0.3, -0.25) is 0 Å². The van der Waals surface area contributed by atoms with Crippen molar-refractivity contribution in [2.75, 3.05) is 7.11 Å². The number of rotatable bonds is 3. The summed E-state index contributed by atoms with van der Waals surface area (Å²) in [6, 6.07) is 5.35. The van der Waals surface area contributed by atoms with Crippen molar-refractivity contribution in [1.82, 2.24) is 9.97 Å². The van der Waals surface area contributed by atoms with E-state index in [9.17, 15) is 4.79 Å². The zero-order valence-corrected chi connectivity index (χ0v) is 10.3. The molecule has 0 amide bonds. The number of fused-ring (bicyclic) bond motifs is 1. The molecule has 0 aliphatic rings. The maximum absolute atomic E-state index is 11.4. The number of ether oxygens (including phenoxy) is 1. The number of aromatic amines is 1. The van der Waals surface area contributed by atoms with Gasteiger partial charge < -0.3 is 9.72 Å². The van der Waals surface area contributed by atoms with Gasteiger partial charge in [0, 0.05) is 6.42 Å². The van der Waals surface area contributed by atoms with Crippen LogP contribution in [0.2, 0.25) is 0 Å². The lowest BCUT2D eigenvalue weighted by molar-refractivity contribution is 0.0601. The van der Waals surface area contributed by atoms with Gasteiger partial charge in [-0.25, -0.2) is 9.78 Å². The summed E-state index contributed by atoms with van der Waals surface area (Å²) >= 11 is 0. The second-order valence-corrected chi connectivity index (χ2v) is 4.50. The van der Waals surface area contributed by atoms with Crippen molar-refractivity contribution in [2.24, 2.45) is 5.92 Å². The number of carbonyl (C=O) groups is 1.